The Labute approximate surface area is 170 Å². The van der Waals surface area contributed by atoms with Gasteiger partial charge in [0, 0.05) is 42.8 Å². The maximum absolute atomic E-state index is 10.7. The van der Waals surface area contributed by atoms with Crippen LogP contribution < -0.4 is 0 Å². The normalized spacial score (nSPS) is 19.8. The lowest BCUT2D eigenvalue weighted by atomic mass is 9.99. The third-order valence-corrected chi connectivity index (χ3v) is 5.72. The fourth-order valence-electron chi connectivity index (χ4n) is 4.24. The molecule has 3 heterocycles. The number of rotatable bonds is 5. The molecule has 1 fully saturated rings. The predicted octanol–water partition coefficient (Wildman–Crippen LogP) is 3.46. The number of hydrogen-bond acceptors (Lipinski definition) is 4. The summed E-state index contributed by atoms with van der Waals surface area (Å²) in [5.41, 5.74) is 4.25. The van der Waals surface area contributed by atoms with Gasteiger partial charge in [-0.05, 0) is 36.8 Å². The smallest absolute Gasteiger partial charge is 0.0711 e. The summed E-state index contributed by atoms with van der Waals surface area (Å²) < 4.78 is 1.98. The molecule has 1 N–H and O–H groups in total. The monoisotopic (exact) mass is 384 g/mol. The molecule has 0 bridgehead atoms. The molecule has 29 heavy (non-hydrogen) atoms. The molecule has 1 aliphatic heterocycles. The van der Waals surface area contributed by atoms with Crippen molar-refractivity contribution < 1.29 is 5.11 Å². The van der Waals surface area contributed by atoms with E-state index >= 15 is 0 Å². The van der Waals surface area contributed by atoms with Crippen LogP contribution in [0.3, 0.4) is 0 Å². The minimum absolute atomic E-state index is 0.191. The number of hydrogen-bond donors (Lipinski definition) is 1. The second-order valence-corrected chi connectivity index (χ2v) is 7.79. The average Bonchev–Trinajstić information content (AvgIpc) is 3.35. The van der Waals surface area contributed by atoms with Crippen LogP contribution in [0.1, 0.15) is 11.4 Å². The lowest BCUT2D eigenvalue weighted by Crippen LogP contribution is -2.23. The third-order valence-electron chi connectivity index (χ3n) is 5.72. The van der Waals surface area contributed by atoms with Crippen LogP contribution in [0, 0.1) is 5.92 Å². The summed E-state index contributed by atoms with van der Waals surface area (Å²) in [5.74, 6) is 0.191. The van der Waals surface area contributed by atoms with Gasteiger partial charge < -0.3 is 5.11 Å². The SMILES string of the molecule is O[C@@H]1CN(Cc2ccnn2-c2ccccc2)C[C@H]1Cc1ccc2ccccc2n1. The van der Waals surface area contributed by atoms with Crippen molar-refractivity contribution in [2.45, 2.75) is 19.1 Å². The highest BCUT2D eigenvalue weighted by atomic mass is 16.3. The summed E-state index contributed by atoms with van der Waals surface area (Å²) in [4.78, 5) is 7.10. The largest absolute Gasteiger partial charge is 0.391 e. The summed E-state index contributed by atoms with van der Waals surface area (Å²) in [6, 6.07) is 24.6. The average molecular weight is 384 g/mol. The van der Waals surface area contributed by atoms with Crippen molar-refractivity contribution in [3.05, 3.63) is 90.4 Å². The van der Waals surface area contributed by atoms with Gasteiger partial charge in [0.25, 0.3) is 0 Å². The summed E-state index contributed by atoms with van der Waals surface area (Å²) in [7, 11) is 0. The Morgan fingerprint density at radius 2 is 1.72 bits per heavy atom. The van der Waals surface area contributed by atoms with Crippen molar-refractivity contribution in [3.8, 4) is 5.69 Å². The van der Waals surface area contributed by atoms with Crippen molar-refractivity contribution in [3.63, 3.8) is 0 Å². The van der Waals surface area contributed by atoms with E-state index in [0.717, 1.165) is 47.5 Å². The van der Waals surface area contributed by atoms with E-state index < -0.39 is 0 Å². The summed E-state index contributed by atoms with van der Waals surface area (Å²) in [6.07, 6.45) is 2.29. The molecule has 0 unspecified atom stereocenters. The maximum atomic E-state index is 10.7. The number of aliphatic hydroxyl groups is 1. The summed E-state index contributed by atoms with van der Waals surface area (Å²) >= 11 is 0. The number of aromatic nitrogens is 3. The molecule has 0 aliphatic carbocycles. The molecule has 5 nitrogen and oxygen atoms in total. The predicted molar refractivity (Wildman–Crippen MR) is 114 cm³/mol. The van der Waals surface area contributed by atoms with Crippen LogP contribution in [0.15, 0.2) is 79.0 Å². The minimum Gasteiger partial charge on any atom is -0.391 e. The molecule has 5 heteroatoms. The molecule has 5 rings (SSSR count). The van der Waals surface area contributed by atoms with E-state index in [4.69, 9.17) is 4.98 Å². The van der Waals surface area contributed by atoms with Gasteiger partial charge in [-0.1, -0.05) is 42.5 Å². The molecule has 4 aromatic rings. The topological polar surface area (TPSA) is 54.2 Å². The van der Waals surface area contributed by atoms with Crippen LogP contribution >= 0.6 is 0 Å². The molecule has 146 valence electrons. The van der Waals surface area contributed by atoms with E-state index in [9.17, 15) is 5.11 Å². The number of pyridine rings is 1. The van der Waals surface area contributed by atoms with Gasteiger partial charge in [0.1, 0.15) is 0 Å². The van der Waals surface area contributed by atoms with E-state index in [1.807, 2.05) is 47.3 Å². The van der Waals surface area contributed by atoms with Crippen LogP contribution in [-0.4, -0.2) is 44.0 Å². The molecular weight excluding hydrogens is 360 g/mol. The Kier molecular flexibility index (Phi) is 4.84. The number of aliphatic hydroxyl groups excluding tert-OH is 1. The standard InChI is InChI=1S/C24H24N4O/c29-24-17-27(16-22-12-13-25-28(22)21-7-2-1-3-8-21)15-19(24)14-20-11-10-18-6-4-5-9-23(18)26-20/h1-13,19,24,29H,14-17H2/t19-,24-/m1/s1. The highest BCUT2D eigenvalue weighted by molar-refractivity contribution is 5.78. The Morgan fingerprint density at radius 1 is 0.897 bits per heavy atom. The Balaban J connectivity index is 1.28. The molecule has 2 aromatic carbocycles. The number of benzene rings is 2. The molecule has 0 saturated carbocycles. The highest BCUT2D eigenvalue weighted by Gasteiger charge is 2.32. The van der Waals surface area contributed by atoms with Crippen LogP contribution in [0.2, 0.25) is 0 Å². The van der Waals surface area contributed by atoms with Crippen LogP contribution in [0.5, 0.6) is 0 Å². The van der Waals surface area contributed by atoms with E-state index in [1.54, 1.807) is 0 Å². The second kappa shape index (κ2) is 7.78. The first-order valence-electron chi connectivity index (χ1n) is 10.1. The van der Waals surface area contributed by atoms with Crippen LogP contribution in [-0.2, 0) is 13.0 Å². The Morgan fingerprint density at radius 3 is 2.62 bits per heavy atom. The minimum atomic E-state index is -0.337. The zero-order valence-corrected chi connectivity index (χ0v) is 16.2. The van der Waals surface area contributed by atoms with Crippen LogP contribution in [0.4, 0.5) is 0 Å². The van der Waals surface area contributed by atoms with Gasteiger partial charge in [-0.25, -0.2) is 4.68 Å². The van der Waals surface area contributed by atoms with Crippen LogP contribution in [0.25, 0.3) is 16.6 Å². The van der Waals surface area contributed by atoms with Gasteiger partial charge in [0.15, 0.2) is 0 Å². The lowest BCUT2D eigenvalue weighted by molar-refractivity contribution is 0.140. The van der Waals surface area contributed by atoms with Gasteiger partial charge >= 0.3 is 0 Å². The van der Waals surface area contributed by atoms with Gasteiger partial charge in [0.05, 0.1) is 23.0 Å². The van der Waals surface area contributed by atoms with Crippen molar-refractivity contribution >= 4 is 10.9 Å². The molecule has 0 spiro atoms. The number of fused-ring (bicyclic) bond motifs is 1. The summed E-state index contributed by atoms with van der Waals surface area (Å²) in [5, 5.41) is 16.3. The zero-order chi connectivity index (χ0) is 19.6. The first-order chi connectivity index (χ1) is 14.3. The van der Waals surface area contributed by atoms with Gasteiger partial charge in [-0.2, -0.15) is 5.10 Å². The number of β-amino-alcohol motifs (C(OH)–C–C–N with tert-alkyl or cyclic N) is 1. The van der Waals surface area contributed by atoms with Gasteiger partial charge in [-0.3, -0.25) is 9.88 Å². The molecule has 0 amide bonds. The zero-order valence-electron chi connectivity index (χ0n) is 16.2. The Bertz CT molecular complexity index is 1110. The molecule has 2 aromatic heterocycles. The number of nitrogens with zero attached hydrogens (tertiary/aromatic N) is 4. The van der Waals surface area contributed by atoms with Crippen molar-refractivity contribution in [2.75, 3.05) is 13.1 Å². The van der Waals surface area contributed by atoms with Crippen molar-refractivity contribution in [2.24, 2.45) is 5.92 Å². The van der Waals surface area contributed by atoms with Crippen molar-refractivity contribution in [1.29, 1.82) is 0 Å². The quantitative estimate of drug-likeness (QED) is 0.573. The van der Waals surface area contributed by atoms with Crippen molar-refractivity contribution in [1.82, 2.24) is 19.7 Å². The van der Waals surface area contributed by atoms with E-state index in [2.05, 4.69) is 46.4 Å². The Hall–Kier alpha value is -3.02. The third kappa shape index (κ3) is 3.79. The fourth-order valence-corrected chi connectivity index (χ4v) is 4.24. The van der Waals surface area contributed by atoms with E-state index in [1.165, 1.54) is 0 Å². The van der Waals surface area contributed by atoms with Gasteiger partial charge in [-0.15, -0.1) is 0 Å². The van der Waals surface area contributed by atoms with E-state index in [0.29, 0.717) is 6.54 Å². The summed E-state index contributed by atoms with van der Waals surface area (Å²) in [6.45, 7) is 2.31. The first kappa shape index (κ1) is 18.0. The second-order valence-electron chi connectivity index (χ2n) is 7.79. The number of likely N-dealkylation sites (tertiary alicyclic amines) is 1. The molecule has 1 aliphatic rings. The molecule has 2 atom stereocenters. The van der Waals surface area contributed by atoms with Gasteiger partial charge in [0.2, 0.25) is 0 Å². The molecule has 0 radical (unpaired) electrons. The molecular formula is C24H24N4O. The van der Waals surface area contributed by atoms with E-state index in [-0.39, 0.29) is 12.0 Å². The molecule has 1 saturated heterocycles. The first-order valence-corrected chi connectivity index (χ1v) is 10.1. The number of para-hydroxylation sites is 2. The maximum Gasteiger partial charge on any atom is 0.0711 e. The lowest BCUT2D eigenvalue weighted by Gasteiger charge is -2.16. The fraction of sp³-hybridized carbons (Fsp3) is 0.250. The highest BCUT2D eigenvalue weighted by Crippen LogP contribution is 2.24.